The van der Waals surface area contributed by atoms with Crippen LogP contribution in [0, 0.1) is 11.8 Å². The van der Waals surface area contributed by atoms with Gasteiger partial charge in [-0.25, -0.2) is 4.39 Å². The van der Waals surface area contributed by atoms with E-state index in [1.165, 1.54) is 5.57 Å². The van der Waals surface area contributed by atoms with Crippen molar-refractivity contribution in [3.63, 3.8) is 0 Å². The van der Waals surface area contributed by atoms with Gasteiger partial charge in [0.2, 0.25) is 0 Å². The third kappa shape index (κ3) is 14.1. The molecular formula is C26H33FO2. The van der Waals surface area contributed by atoms with Gasteiger partial charge in [0.25, 0.3) is 0 Å². The van der Waals surface area contributed by atoms with Gasteiger partial charge in [0.1, 0.15) is 0 Å². The summed E-state index contributed by atoms with van der Waals surface area (Å²) in [5.74, 6) is 5.50. The lowest BCUT2D eigenvalue weighted by atomic mass is 10.1. The third-order valence-electron chi connectivity index (χ3n) is 4.51. The second kappa shape index (κ2) is 15.3. The van der Waals surface area contributed by atoms with Gasteiger partial charge >= 0.3 is 5.97 Å². The molecule has 0 aliphatic heterocycles. The molecule has 0 heterocycles. The van der Waals surface area contributed by atoms with E-state index >= 15 is 0 Å². The quantitative estimate of drug-likeness (QED) is 0.227. The second-order valence-electron chi connectivity index (χ2n) is 7.28. The van der Waals surface area contributed by atoms with E-state index in [1.54, 1.807) is 6.08 Å². The number of rotatable bonds is 12. The minimum Gasteiger partial charge on any atom is -0.481 e. The van der Waals surface area contributed by atoms with Crippen molar-refractivity contribution in [2.75, 3.05) is 0 Å². The molecule has 0 bridgehead atoms. The molecule has 1 aromatic carbocycles. The number of halogens is 1. The standard InChI is InChI=1S/C26H33FO2/c1-22(12-5-3-6-16-24-17-7-4-8-18-24)13-9-19-25(27)20-10-14-23(2)15-11-21-26(28)29/h4,7-8,12,14,17-19H,3,5,9-11,13,15,20-21H2,1-2H3,(H,28,29)/b22-12+,23-14+,25-19-. The Labute approximate surface area is 175 Å². The molecule has 0 atom stereocenters. The lowest BCUT2D eigenvalue weighted by Crippen LogP contribution is -1.93. The van der Waals surface area contributed by atoms with Crippen LogP contribution in [0.15, 0.2) is 65.5 Å². The van der Waals surface area contributed by atoms with Crippen molar-refractivity contribution < 1.29 is 14.3 Å². The number of aliphatic carboxylic acids is 1. The molecule has 1 N–H and O–H groups in total. The van der Waals surface area contributed by atoms with Gasteiger partial charge in [0, 0.05) is 24.8 Å². The number of carboxylic acid groups (broad SMARTS) is 1. The van der Waals surface area contributed by atoms with Crippen LogP contribution in [-0.4, -0.2) is 11.1 Å². The first-order chi connectivity index (χ1) is 14.0. The Morgan fingerprint density at radius 1 is 0.931 bits per heavy atom. The fraction of sp³-hybridized carbons (Fsp3) is 0.423. The van der Waals surface area contributed by atoms with Crippen LogP contribution < -0.4 is 0 Å². The van der Waals surface area contributed by atoms with Crippen molar-refractivity contribution >= 4 is 5.97 Å². The van der Waals surface area contributed by atoms with Crippen molar-refractivity contribution in [1.29, 1.82) is 0 Å². The van der Waals surface area contributed by atoms with E-state index in [0.717, 1.165) is 36.8 Å². The summed E-state index contributed by atoms with van der Waals surface area (Å²) in [7, 11) is 0. The average Bonchev–Trinajstić information content (AvgIpc) is 2.68. The van der Waals surface area contributed by atoms with Gasteiger partial charge in [-0.05, 0) is 64.5 Å². The smallest absolute Gasteiger partial charge is 0.303 e. The number of hydrogen-bond acceptors (Lipinski definition) is 1. The molecule has 1 aromatic rings. The highest BCUT2D eigenvalue weighted by molar-refractivity contribution is 5.66. The SMILES string of the molecule is C/C(=C\CCC#Cc1ccccc1)CC/C=C(\F)CC/C=C(\C)CCCC(=O)O. The van der Waals surface area contributed by atoms with Crippen LogP contribution in [0.25, 0.3) is 0 Å². The fourth-order valence-electron chi connectivity index (χ4n) is 2.81. The highest BCUT2D eigenvalue weighted by Gasteiger charge is 1.98. The molecule has 0 aliphatic rings. The number of unbranched alkanes of at least 4 members (excludes halogenated alkanes) is 1. The summed E-state index contributed by atoms with van der Waals surface area (Å²) < 4.78 is 13.9. The molecule has 0 spiro atoms. The maximum atomic E-state index is 13.9. The van der Waals surface area contributed by atoms with Crippen molar-refractivity contribution in [2.45, 2.75) is 71.6 Å². The van der Waals surface area contributed by atoms with E-state index in [9.17, 15) is 9.18 Å². The fourth-order valence-corrected chi connectivity index (χ4v) is 2.81. The van der Waals surface area contributed by atoms with Crippen molar-refractivity contribution in [3.8, 4) is 11.8 Å². The van der Waals surface area contributed by atoms with Gasteiger partial charge < -0.3 is 5.11 Å². The Balaban J connectivity index is 2.20. The highest BCUT2D eigenvalue weighted by Crippen LogP contribution is 2.15. The molecule has 29 heavy (non-hydrogen) atoms. The molecule has 3 heteroatoms. The minimum absolute atomic E-state index is 0.0684. The Kier molecular flexibility index (Phi) is 12.9. The van der Waals surface area contributed by atoms with Crippen LogP contribution in [-0.2, 0) is 4.79 Å². The first-order valence-corrected chi connectivity index (χ1v) is 10.4. The normalized spacial score (nSPS) is 12.4. The maximum absolute atomic E-state index is 13.9. The average molecular weight is 397 g/mol. The van der Waals surface area contributed by atoms with E-state index < -0.39 is 5.97 Å². The monoisotopic (exact) mass is 396 g/mol. The van der Waals surface area contributed by atoms with Gasteiger partial charge in [-0.2, -0.15) is 0 Å². The molecule has 0 aromatic heterocycles. The number of carboxylic acids is 1. The molecule has 0 fully saturated rings. The summed E-state index contributed by atoms with van der Waals surface area (Å²) in [6, 6.07) is 9.97. The predicted octanol–water partition coefficient (Wildman–Crippen LogP) is 7.38. The van der Waals surface area contributed by atoms with Crippen LogP contribution >= 0.6 is 0 Å². The summed E-state index contributed by atoms with van der Waals surface area (Å²) in [4.78, 5) is 10.5. The number of allylic oxidation sites excluding steroid dienone is 6. The van der Waals surface area contributed by atoms with E-state index in [-0.39, 0.29) is 12.2 Å². The van der Waals surface area contributed by atoms with E-state index in [4.69, 9.17) is 5.11 Å². The Morgan fingerprint density at radius 2 is 1.59 bits per heavy atom. The Bertz CT molecular complexity index is 761. The topological polar surface area (TPSA) is 37.3 Å². The molecule has 0 radical (unpaired) electrons. The minimum atomic E-state index is -0.767. The van der Waals surface area contributed by atoms with E-state index in [2.05, 4.69) is 24.8 Å². The zero-order chi connectivity index (χ0) is 21.3. The highest BCUT2D eigenvalue weighted by atomic mass is 19.1. The predicted molar refractivity (Wildman–Crippen MR) is 119 cm³/mol. The molecular weight excluding hydrogens is 363 g/mol. The van der Waals surface area contributed by atoms with Gasteiger partial charge in [-0.15, -0.1) is 0 Å². The molecule has 0 aliphatic carbocycles. The third-order valence-corrected chi connectivity index (χ3v) is 4.51. The van der Waals surface area contributed by atoms with Crippen LogP contribution in [0.5, 0.6) is 0 Å². The summed E-state index contributed by atoms with van der Waals surface area (Å²) >= 11 is 0. The number of hydrogen-bond donors (Lipinski definition) is 1. The lowest BCUT2D eigenvalue weighted by molar-refractivity contribution is -0.137. The van der Waals surface area contributed by atoms with Crippen molar-refractivity contribution in [1.82, 2.24) is 0 Å². The van der Waals surface area contributed by atoms with Gasteiger partial charge in [0.15, 0.2) is 0 Å². The second-order valence-corrected chi connectivity index (χ2v) is 7.28. The van der Waals surface area contributed by atoms with E-state index in [1.807, 2.05) is 43.3 Å². The van der Waals surface area contributed by atoms with Gasteiger partial charge in [0.05, 0.1) is 5.83 Å². The summed E-state index contributed by atoms with van der Waals surface area (Å²) in [6.45, 7) is 4.06. The Morgan fingerprint density at radius 3 is 2.31 bits per heavy atom. The molecule has 1 rings (SSSR count). The molecule has 0 unspecified atom stereocenters. The van der Waals surface area contributed by atoms with Gasteiger partial charge in [-0.3, -0.25) is 4.79 Å². The van der Waals surface area contributed by atoms with Crippen LogP contribution in [0.4, 0.5) is 4.39 Å². The first-order valence-electron chi connectivity index (χ1n) is 10.4. The van der Waals surface area contributed by atoms with Crippen LogP contribution in [0.2, 0.25) is 0 Å². The summed E-state index contributed by atoms with van der Waals surface area (Å²) in [5, 5.41) is 8.63. The lowest BCUT2D eigenvalue weighted by Gasteiger charge is -2.01. The van der Waals surface area contributed by atoms with E-state index in [0.29, 0.717) is 25.7 Å². The summed E-state index contributed by atoms with van der Waals surface area (Å²) in [6.07, 6.45) is 11.9. The Hall–Kier alpha value is -2.60. The maximum Gasteiger partial charge on any atom is 0.303 e. The molecule has 0 saturated carbocycles. The number of benzene rings is 1. The summed E-state index contributed by atoms with van der Waals surface area (Å²) in [5.41, 5.74) is 3.44. The first kappa shape index (κ1) is 24.4. The molecule has 0 saturated heterocycles. The zero-order valence-electron chi connectivity index (χ0n) is 17.7. The zero-order valence-corrected chi connectivity index (χ0v) is 17.7. The van der Waals surface area contributed by atoms with Crippen molar-refractivity contribution in [2.24, 2.45) is 0 Å². The van der Waals surface area contributed by atoms with Crippen LogP contribution in [0.1, 0.15) is 77.2 Å². The molecule has 156 valence electrons. The van der Waals surface area contributed by atoms with Gasteiger partial charge in [-0.1, -0.05) is 59.4 Å². The number of carbonyl (C=O) groups is 1. The molecule has 2 nitrogen and oxygen atoms in total. The van der Waals surface area contributed by atoms with Crippen molar-refractivity contribution in [3.05, 3.63) is 71.1 Å². The van der Waals surface area contributed by atoms with Crippen LogP contribution in [0.3, 0.4) is 0 Å². The molecule has 0 amide bonds. The largest absolute Gasteiger partial charge is 0.481 e.